The van der Waals surface area contributed by atoms with Gasteiger partial charge < -0.3 is 74.0 Å². The van der Waals surface area contributed by atoms with E-state index in [0.717, 1.165) is 57.8 Å². The van der Waals surface area contributed by atoms with Crippen LogP contribution in [0.25, 0.3) is 0 Å². The van der Waals surface area contributed by atoms with Crippen molar-refractivity contribution in [3.63, 3.8) is 0 Å². The monoisotopic (exact) mass is 925 g/mol. The van der Waals surface area contributed by atoms with Crippen LogP contribution in [0.4, 0.5) is 0 Å². The van der Waals surface area contributed by atoms with Gasteiger partial charge in [0.25, 0.3) is 0 Å². The van der Waals surface area contributed by atoms with Gasteiger partial charge in [-0.05, 0) is 123 Å². The van der Waals surface area contributed by atoms with Gasteiger partial charge in [-0.25, -0.2) is 0 Å². The summed E-state index contributed by atoms with van der Waals surface area (Å²) in [5.41, 5.74) is 0.433. The molecule has 8 aliphatic rings. The summed E-state index contributed by atoms with van der Waals surface area (Å²) in [6, 6.07) is 0. The Hall–Kier alpha value is -1.35. The number of esters is 1. The molecule has 0 spiro atoms. The number of carbonyl (C=O) groups excluding carboxylic acids is 1. The Balaban J connectivity index is 1.09. The topological polar surface area (TPSA) is 244 Å². The average Bonchev–Trinajstić information content (AvgIpc) is 3.25. The molecule has 5 aliphatic carbocycles. The van der Waals surface area contributed by atoms with Crippen LogP contribution < -0.4 is 0 Å². The maximum atomic E-state index is 13.8. The molecule has 65 heavy (non-hydrogen) atoms. The quantitative estimate of drug-likeness (QED) is 0.0992. The fourth-order valence-corrected chi connectivity index (χ4v) is 15.2. The van der Waals surface area contributed by atoms with Crippen LogP contribution in [0.2, 0.25) is 0 Å². The van der Waals surface area contributed by atoms with Gasteiger partial charge in [-0.3, -0.25) is 4.79 Å². The van der Waals surface area contributed by atoms with Crippen LogP contribution in [0.15, 0.2) is 11.6 Å². The van der Waals surface area contributed by atoms with E-state index in [-0.39, 0.29) is 39.5 Å². The molecule has 372 valence electrons. The highest BCUT2D eigenvalue weighted by molar-refractivity contribution is 5.78. The second kappa shape index (κ2) is 17.5. The van der Waals surface area contributed by atoms with Crippen molar-refractivity contribution in [2.45, 2.75) is 225 Å². The average molecular weight is 925 g/mol. The molecule has 3 saturated heterocycles. The van der Waals surface area contributed by atoms with E-state index in [4.69, 9.17) is 33.2 Å². The van der Waals surface area contributed by atoms with Crippen LogP contribution in [0, 0.1) is 50.2 Å². The number of hydrogen-bond donors (Lipinski definition) is 8. The summed E-state index contributed by atoms with van der Waals surface area (Å²) in [5, 5.41) is 86.7. The van der Waals surface area contributed by atoms with Crippen molar-refractivity contribution in [1.29, 1.82) is 0 Å². The first-order chi connectivity index (χ1) is 30.3. The Morgan fingerprint density at radius 3 is 1.83 bits per heavy atom. The molecule has 23 atom stereocenters. The molecule has 4 saturated carbocycles. The number of methoxy groups -OCH3 is 1. The van der Waals surface area contributed by atoms with Gasteiger partial charge in [-0.2, -0.15) is 0 Å². The first-order valence-corrected chi connectivity index (χ1v) is 24.4. The number of hydrogen-bond acceptors (Lipinski definition) is 16. The van der Waals surface area contributed by atoms with Crippen LogP contribution >= 0.6 is 0 Å². The predicted molar refractivity (Wildman–Crippen MR) is 232 cm³/mol. The Labute approximate surface area is 384 Å². The van der Waals surface area contributed by atoms with Crippen molar-refractivity contribution in [2.24, 2.45) is 50.2 Å². The predicted octanol–water partition coefficient (Wildman–Crippen LogP) is 2.85. The molecule has 0 amide bonds. The lowest BCUT2D eigenvalue weighted by Gasteiger charge is -2.71. The lowest BCUT2D eigenvalue weighted by molar-refractivity contribution is -0.397. The number of fused-ring (bicyclic) bond motifs is 7. The second-order valence-electron chi connectivity index (χ2n) is 23.6. The van der Waals surface area contributed by atoms with Crippen LogP contribution in [-0.4, -0.2) is 159 Å². The Morgan fingerprint density at radius 2 is 1.25 bits per heavy atom. The molecule has 16 heteroatoms. The molecule has 3 aliphatic heterocycles. The minimum atomic E-state index is -1.75. The maximum Gasteiger partial charge on any atom is 0.312 e. The molecule has 3 heterocycles. The van der Waals surface area contributed by atoms with E-state index in [1.165, 1.54) is 26.5 Å². The zero-order valence-electron chi connectivity index (χ0n) is 40.2. The molecular weight excluding hydrogens is 845 g/mol. The highest BCUT2D eigenvalue weighted by Crippen LogP contribution is 2.76. The van der Waals surface area contributed by atoms with Crippen LogP contribution in [0.5, 0.6) is 0 Å². The Bertz CT molecular complexity index is 1780. The van der Waals surface area contributed by atoms with Crippen molar-refractivity contribution in [3.05, 3.63) is 11.6 Å². The minimum absolute atomic E-state index is 0.0283. The van der Waals surface area contributed by atoms with Gasteiger partial charge >= 0.3 is 5.97 Å². The van der Waals surface area contributed by atoms with E-state index >= 15 is 0 Å². The second-order valence-corrected chi connectivity index (χ2v) is 23.6. The standard InChI is InChI=1S/C49H80O16/c1-23-31(51)34(54)36(56)40(60-23)64-38-33(53)27(22-50)62-42(39(38)65-41-37(57)35(55)32(52)24(2)61-41)63-30-14-15-46(7)28(45(30,5)6)13-16-48(9)29(46)12-11-25-26-21-44(3,4)17-19-49(26,43(58)59-10)20-18-47(25,48)8/h11,23-24,26-42,50-57H,12-22H2,1-10H3/t23-,24-,26-,27+,28-,29+,30-,31-,32-,33+,34+,35+,36+,37+,38-,39+,40-,41-,42-,46-,47+,48+,49-/m0/s1. The van der Waals surface area contributed by atoms with Crippen LogP contribution in [0.3, 0.4) is 0 Å². The van der Waals surface area contributed by atoms with Gasteiger partial charge in [0, 0.05) is 0 Å². The lowest BCUT2D eigenvalue weighted by Crippen LogP contribution is -2.68. The largest absolute Gasteiger partial charge is 0.469 e. The third kappa shape index (κ3) is 7.82. The van der Waals surface area contributed by atoms with Crippen molar-refractivity contribution in [1.82, 2.24) is 0 Å². The van der Waals surface area contributed by atoms with E-state index in [0.29, 0.717) is 12.3 Å². The Kier molecular flexibility index (Phi) is 13.5. The highest BCUT2D eigenvalue weighted by Gasteiger charge is 2.70. The van der Waals surface area contributed by atoms with Gasteiger partial charge in [-0.1, -0.05) is 60.1 Å². The molecule has 7 fully saturated rings. The summed E-state index contributed by atoms with van der Waals surface area (Å²) in [5.74, 6) is 0.640. The van der Waals surface area contributed by atoms with Crippen molar-refractivity contribution in [3.8, 4) is 0 Å². The van der Waals surface area contributed by atoms with Crippen LogP contribution in [0.1, 0.15) is 127 Å². The van der Waals surface area contributed by atoms with Crippen molar-refractivity contribution < 1.29 is 78.8 Å². The number of ether oxygens (including phenoxy) is 7. The number of allylic oxidation sites excluding steroid dienone is 2. The van der Waals surface area contributed by atoms with Crippen molar-refractivity contribution >= 4 is 5.97 Å². The van der Waals surface area contributed by atoms with E-state index < -0.39 is 116 Å². The van der Waals surface area contributed by atoms with Gasteiger partial charge in [-0.15, -0.1) is 0 Å². The fraction of sp³-hybridized carbons (Fsp3) is 0.939. The smallest absolute Gasteiger partial charge is 0.312 e. The summed E-state index contributed by atoms with van der Waals surface area (Å²) in [4.78, 5) is 13.8. The molecule has 0 aromatic heterocycles. The molecule has 16 nitrogen and oxygen atoms in total. The van der Waals surface area contributed by atoms with Crippen molar-refractivity contribution in [2.75, 3.05) is 13.7 Å². The molecule has 0 radical (unpaired) electrons. The number of aliphatic hydroxyl groups is 8. The SMILES string of the molecule is COC(=O)[C@]12CCC(C)(C)C[C@H]1C1=CC[C@@H]3[C@@]4(C)CC[C@H](O[C@@H]5O[C@H](CO)[C@@H](O)[C@H](O[C@@H]6O[C@@H](C)[C@H](O)[C@@H](O)[C@H]6O)[C@H]5O[C@@H]5O[C@@H](C)[C@H](O)[C@@H](O)[C@H]5O)C(C)(C)[C@@H]4CC[C@@]3(C)[C@]1(C)CC2. The summed E-state index contributed by atoms with van der Waals surface area (Å²) >= 11 is 0. The molecule has 0 bridgehead atoms. The Morgan fingerprint density at radius 1 is 0.662 bits per heavy atom. The molecule has 0 unspecified atom stereocenters. The minimum Gasteiger partial charge on any atom is -0.469 e. The summed E-state index contributed by atoms with van der Waals surface area (Å²) in [6.07, 6.45) is -11.0. The molecule has 8 N–H and O–H groups in total. The molecule has 0 aromatic carbocycles. The number of rotatable bonds is 8. The van der Waals surface area contributed by atoms with Gasteiger partial charge in [0.05, 0.1) is 37.4 Å². The highest BCUT2D eigenvalue weighted by atomic mass is 16.8. The molecule has 8 rings (SSSR count). The van der Waals surface area contributed by atoms with Gasteiger partial charge in [0.1, 0.15) is 61.0 Å². The zero-order chi connectivity index (χ0) is 47.6. The normalized spacial score (nSPS) is 53.9. The zero-order valence-corrected chi connectivity index (χ0v) is 40.2. The van der Waals surface area contributed by atoms with E-state index in [1.54, 1.807) is 0 Å². The summed E-state index contributed by atoms with van der Waals surface area (Å²) in [6.45, 7) is 18.9. The molecule has 0 aromatic rings. The van der Waals surface area contributed by atoms with Crippen LogP contribution in [-0.2, 0) is 38.0 Å². The lowest BCUT2D eigenvalue weighted by atomic mass is 9.33. The third-order valence-electron chi connectivity index (χ3n) is 19.5. The number of aliphatic hydroxyl groups excluding tert-OH is 8. The summed E-state index contributed by atoms with van der Waals surface area (Å²) in [7, 11) is 1.54. The maximum absolute atomic E-state index is 13.8. The summed E-state index contributed by atoms with van der Waals surface area (Å²) < 4.78 is 43.2. The molecular formula is C49H80O16. The van der Waals surface area contributed by atoms with Gasteiger partial charge in [0.2, 0.25) is 0 Å². The van der Waals surface area contributed by atoms with Gasteiger partial charge in [0.15, 0.2) is 18.9 Å². The van der Waals surface area contributed by atoms with E-state index in [2.05, 4.69) is 54.5 Å². The van der Waals surface area contributed by atoms with E-state index in [1.807, 2.05) is 0 Å². The first-order valence-electron chi connectivity index (χ1n) is 24.4. The number of carbonyl (C=O) groups is 1. The first kappa shape index (κ1) is 50.1. The van der Waals surface area contributed by atoms with E-state index in [9.17, 15) is 45.6 Å². The third-order valence-corrected chi connectivity index (χ3v) is 19.5. The fourth-order valence-electron chi connectivity index (χ4n) is 15.2.